The predicted molar refractivity (Wildman–Crippen MR) is 236 cm³/mol. The maximum Gasteiger partial charge on any atom is 0.306 e. The largest absolute Gasteiger partial charge is 0.462 e. The zero-order chi connectivity index (χ0) is 40.3. The van der Waals surface area contributed by atoms with E-state index in [1.807, 2.05) is 6.08 Å². The molecule has 0 aromatic rings. The van der Waals surface area contributed by atoms with Crippen LogP contribution < -0.4 is 5.32 Å². The van der Waals surface area contributed by atoms with E-state index in [-0.39, 0.29) is 31.3 Å². The lowest BCUT2D eigenvalue weighted by atomic mass is 10.0. The van der Waals surface area contributed by atoms with Gasteiger partial charge in [-0.25, -0.2) is 0 Å². The number of allylic oxidation sites excluding steroid dienone is 12. The van der Waals surface area contributed by atoms with E-state index in [0.29, 0.717) is 19.3 Å². The van der Waals surface area contributed by atoms with E-state index in [1.165, 1.54) is 77.0 Å². The lowest BCUT2D eigenvalue weighted by Crippen LogP contribution is -2.46. The summed E-state index contributed by atoms with van der Waals surface area (Å²) in [6.45, 7) is 6.29. The predicted octanol–water partition coefficient (Wildman–Crippen LogP) is 13.1. The molecule has 6 heteroatoms. The Morgan fingerprint density at radius 3 is 1.53 bits per heavy atom. The third kappa shape index (κ3) is 38.0. The van der Waals surface area contributed by atoms with E-state index in [0.717, 1.165) is 70.6 Å². The number of unbranched alkanes of at least 4 members (excludes halogenated alkanes) is 15. The maximum absolute atomic E-state index is 13.1. The molecule has 0 aliphatic heterocycles. The number of aliphatic hydroxyl groups excluding tert-OH is 2. The zero-order valence-electron chi connectivity index (χ0n) is 35.8. The first-order valence-corrected chi connectivity index (χ1v) is 22.7. The maximum atomic E-state index is 13.1. The van der Waals surface area contributed by atoms with Crippen LogP contribution in [0.25, 0.3) is 0 Å². The SMILES string of the molecule is CC/C=C/C/C=C/C/C=C/C/C=C/CCCC(CC(=O)NC(CO)C(O)CCCCCCCCCCC)OC(=O)CC/C=C/C/C=C\CCCCCCCC. The van der Waals surface area contributed by atoms with Crippen LogP contribution >= 0.6 is 0 Å². The second-order valence-electron chi connectivity index (χ2n) is 15.1. The highest BCUT2D eigenvalue weighted by Gasteiger charge is 2.23. The van der Waals surface area contributed by atoms with Gasteiger partial charge in [0.15, 0.2) is 0 Å². The molecular weight excluding hydrogens is 683 g/mol. The summed E-state index contributed by atoms with van der Waals surface area (Å²) in [5.74, 6) is -0.618. The Kier molecular flexibility index (Phi) is 40.4. The fraction of sp³-hybridized carbons (Fsp3) is 0.714. The molecule has 0 heterocycles. The number of nitrogens with one attached hydrogen (secondary N) is 1. The highest BCUT2D eigenvalue weighted by Crippen LogP contribution is 2.15. The van der Waals surface area contributed by atoms with Gasteiger partial charge in [0.25, 0.3) is 0 Å². The van der Waals surface area contributed by atoms with Gasteiger partial charge in [0, 0.05) is 6.42 Å². The van der Waals surface area contributed by atoms with Gasteiger partial charge in [0.1, 0.15) is 6.10 Å². The van der Waals surface area contributed by atoms with E-state index >= 15 is 0 Å². The van der Waals surface area contributed by atoms with Crippen molar-refractivity contribution in [1.82, 2.24) is 5.32 Å². The number of rotatable bonds is 39. The van der Waals surface area contributed by atoms with Gasteiger partial charge in [-0.2, -0.15) is 0 Å². The molecular formula is C49H85NO5. The lowest BCUT2D eigenvalue weighted by Gasteiger charge is -2.24. The van der Waals surface area contributed by atoms with Crippen LogP contribution in [0.3, 0.4) is 0 Å². The van der Waals surface area contributed by atoms with E-state index in [9.17, 15) is 19.8 Å². The lowest BCUT2D eigenvalue weighted by molar-refractivity contribution is -0.150. The fourth-order valence-corrected chi connectivity index (χ4v) is 6.36. The summed E-state index contributed by atoms with van der Waals surface area (Å²) < 4.78 is 5.83. The summed E-state index contributed by atoms with van der Waals surface area (Å²) in [6, 6.07) is -0.729. The van der Waals surface area contributed by atoms with Crippen molar-refractivity contribution in [3.8, 4) is 0 Å². The number of carbonyl (C=O) groups excluding carboxylic acids is 2. The fourth-order valence-electron chi connectivity index (χ4n) is 6.36. The second kappa shape index (κ2) is 42.4. The molecule has 6 nitrogen and oxygen atoms in total. The van der Waals surface area contributed by atoms with Gasteiger partial charge in [0.05, 0.1) is 25.2 Å². The van der Waals surface area contributed by atoms with Crippen LogP contribution in [0.2, 0.25) is 0 Å². The van der Waals surface area contributed by atoms with Crippen molar-refractivity contribution in [3.63, 3.8) is 0 Å². The Morgan fingerprint density at radius 2 is 1.00 bits per heavy atom. The number of aliphatic hydroxyl groups is 2. The summed E-state index contributed by atoms with van der Waals surface area (Å²) >= 11 is 0. The number of ether oxygens (including phenoxy) is 1. The minimum absolute atomic E-state index is 0.0143. The highest BCUT2D eigenvalue weighted by molar-refractivity contribution is 5.77. The average molecular weight is 768 g/mol. The minimum atomic E-state index is -0.810. The Labute approximate surface area is 339 Å². The molecule has 3 N–H and O–H groups in total. The van der Waals surface area contributed by atoms with Gasteiger partial charge >= 0.3 is 5.97 Å². The summed E-state index contributed by atoms with van der Waals surface area (Å²) in [4.78, 5) is 25.9. The standard InChI is InChI=1S/C49H85NO5/c1-4-7-10-13-16-19-21-23-25-26-29-31-34-37-40-45(55-49(54)42-39-36-33-30-27-24-22-20-17-14-11-8-5-2)43-48(53)50-46(44-51)47(52)41-38-35-32-28-18-15-12-9-6-3/h7,10,16,19,23-25,27,29,31,33,36,45-47,51-52H,4-6,8-9,11-15,17-18,20-22,26,28,30,32,34-35,37-44H2,1-3H3,(H,50,53)/b10-7+,19-16+,25-23+,27-24-,31-29+,36-33+. The Hall–Kier alpha value is -2.70. The van der Waals surface area contributed by atoms with Crippen LogP contribution in [0.4, 0.5) is 0 Å². The summed E-state index contributed by atoms with van der Waals surface area (Å²) in [5, 5.41) is 23.5. The molecule has 0 aliphatic rings. The van der Waals surface area contributed by atoms with Crippen molar-refractivity contribution >= 4 is 11.9 Å². The quantitative estimate of drug-likeness (QED) is 0.0329. The second-order valence-corrected chi connectivity index (χ2v) is 15.1. The van der Waals surface area contributed by atoms with Crippen molar-refractivity contribution in [3.05, 3.63) is 72.9 Å². The number of carbonyl (C=O) groups is 2. The molecule has 0 aliphatic carbocycles. The molecule has 0 radical (unpaired) electrons. The van der Waals surface area contributed by atoms with Crippen LogP contribution in [-0.4, -0.2) is 46.9 Å². The molecule has 0 saturated heterocycles. The van der Waals surface area contributed by atoms with Crippen molar-refractivity contribution in [2.75, 3.05) is 6.61 Å². The van der Waals surface area contributed by atoms with Gasteiger partial charge in [-0.3, -0.25) is 9.59 Å². The van der Waals surface area contributed by atoms with Gasteiger partial charge in [-0.05, 0) is 77.0 Å². The topological polar surface area (TPSA) is 95.9 Å². The van der Waals surface area contributed by atoms with Crippen molar-refractivity contribution in [2.45, 2.75) is 219 Å². The van der Waals surface area contributed by atoms with Crippen LogP contribution in [0.5, 0.6) is 0 Å². The number of hydrogen-bond acceptors (Lipinski definition) is 5. The Bertz CT molecular complexity index is 1040. The molecule has 3 unspecified atom stereocenters. The van der Waals surface area contributed by atoms with Gasteiger partial charge in [-0.1, -0.05) is 184 Å². The van der Waals surface area contributed by atoms with Crippen LogP contribution in [0.1, 0.15) is 201 Å². The van der Waals surface area contributed by atoms with Crippen LogP contribution in [0, 0.1) is 0 Å². The number of hydrogen-bond donors (Lipinski definition) is 3. The van der Waals surface area contributed by atoms with E-state index in [2.05, 4.69) is 92.9 Å². The van der Waals surface area contributed by atoms with Gasteiger partial charge < -0.3 is 20.3 Å². The monoisotopic (exact) mass is 768 g/mol. The molecule has 0 fully saturated rings. The first-order chi connectivity index (χ1) is 27.0. The molecule has 316 valence electrons. The van der Waals surface area contributed by atoms with Gasteiger partial charge in [-0.15, -0.1) is 0 Å². The van der Waals surface area contributed by atoms with E-state index in [1.54, 1.807) is 0 Å². The average Bonchev–Trinajstić information content (AvgIpc) is 3.18. The van der Waals surface area contributed by atoms with Crippen LogP contribution in [-0.2, 0) is 14.3 Å². The third-order valence-electron chi connectivity index (χ3n) is 9.78. The minimum Gasteiger partial charge on any atom is -0.462 e. The first-order valence-electron chi connectivity index (χ1n) is 22.7. The molecule has 1 amide bonds. The molecule has 55 heavy (non-hydrogen) atoms. The molecule has 0 spiro atoms. The summed E-state index contributed by atoms with van der Waals surface area (Å²) in [5.41, 5.74) is 0. The van der Waals surface area contributed by atoms with Crippen molar-refractivity contribution in [1.29, 1.82) is 0 Å². The van der Waals surface area contributed by atoms with Crippen molar-refractivity contribution < 1.29 is 24.5 Å². The molecule has 0 rings (SSSR count). The zero-order valence-corrected chi connectivity index (χ0v) is 35.8. The molecule has 3 atom stereocenters. The number of amides is 1. The molecule has 0 aromatic heterocycles. The highest BCUT2D eigenvalue weighted by atomic mass is 16.5. The van der Waals surface area contributed by atoms with E-state index < -0.39 is 18.2 Å². The summed E-state index contributed by atoms with van der Waals surface area (Å²) in [6.07, 6.45) is 52.6. The smallest absolute Gasteiger partial charge is 0.306 e. The Balaban J connectivity index is 4.80. The molecule has 0 bridgehead atoms. The van der Waals surface area contributed by atoms with Crippen molar-refractivity contribution in [2.24, 2.45) is 0 Å². The Morgan fingerprint density at radius 1 is 0.545 bits per heavy atom. The molecule has 0 aromatic carbocycles. The number of esters is 1. The normalized spacial score (nSPS) is 14.1. The third-order valence-corrected chi connectivity index (χ3v) is 9.78. The van der Waals surface area contributed by atoms with E-state index in [4.69, 9.17) is 4.74 Å². The summed E-state index contributed by atoms with van der Waals surface area (Å²) in [7, 11) is 0. The molecule has 0 saturated carbocycles. The van der Waals surface area contributed by atoms with Gasteiger partial charge in [0.2, 0.25) is 5.91 Å². The first kappa shape index (κ1) is 52.3. The van der Waals surface area contributed by atoms with Crippen LogP contribution in [0.15, 0.2) is 72.9 Å².